The molecule has 3 rings (SSSR count). The minimum atomic E-state index is -3.56. The van der Waals surface area contributed by atoms with Crippen molar-refractivity contribution in [3.05, 3.63) is 64.4 Å². The van der Waals surface area contributed by atoms with Crippen LogP contribution in [0.2, 0.25) is 5.02 Å². The monoisotopic (exact) mass is 410 g/mol. The van der Waals surface area contributed by atoms with E-state index in [-0.39, 0.29) is 34.0 Å². The van der Waals surface area contributed by atoms with Gasteiger partial charge in [0, 0.05) is 36.3 Å². The van der Waals surface area contributed by atoms with E-state index in [4.69, 9.17) is 11.6 Å². The molecule has 0 aliphatic heterocycles. The molecular weight excluding hydrogens is 391 g/mol. The van der Waals surface area contributed by atoms with Gasteiger partial charge in [-0.25, -0.2) is 17.1 Å². The number of hydrogen-bond acceptors (Lipinski definition) is 3. The second kappa shape index (κ2) is 7.58. The summed E-state index contributed by atoms with van der Waals surface area (Å²) >= 11 is 6.10. The number of carbonyl (C=O) groups is 1. The molecule has 1 amide bonds. The van der Waals surface area contributed by atoms with E-state index in [9.17, 15) is 17.6 Å². The molecule has 0 spiro atoms. The molecule has 2 aromatic rings. The third kappa shape index (κ3) is 4.15. The molecule has 8 heteroatoms. The van der Waals surface area contributed by atoms with Crippen molar-refractivity contribution in [3.63, 3.8) is 0 Å². The topological polar surface area (TPSA) is 57.7 Å². The molecule has 2 aromatic carbocycles. The molecule has 1 saturated carbocycles. The van der Waals surface area contributed by atoms with Crippen molar-refractivity contribution in [3.8, 4) is 0 Å². The summed E-state index contributed by atoms with van der Waals surface area (Å²) in [4.78, 5) is 14.7. The standard InChI is InChI=1S/C19H20ClFN2O3S/c1-22(2)27(25,26)15-10-6-13(7-11-15)19(24)23(14-8-9-14)12-16-17(20)4-3-5-18(16)21/h3-7,10-11,14H,8-9,12H2,1-2H3. The van der Waals surface area contributed by atoms with Gasteiger partial charge in [0.1, 0.15) is 5.82 Å². The number of sulfonamides is 1. The van der Waals surface area contributed by atoms with Gasteiger partial charge in [-0.3, -0.25) is 4.79 Å². The maximum atomic E-state index is 14.1. The van der Waals surface area contributed by atoms with Gasteiger partial charge in [0.15, 0.2) is 0 Å². The van der Waals surface area contributed by atoms with Crippen LogP contribution in [0.4, 0.5) is 4.39 Å². The highest BCUT2D eigenvalue weighted by molar-refractivity contribution is 7.89. The van der Waals surface area contributed by atoms with E-state index in [2.05, 4.69) is 0 Å². The Morgan fingerprint density at radius 2 is 1.78 bits per heavy atom. The highest BCUT2D eigenvalue weighted by Gasteiger charge is 2.34. The van der Waals surface area contributed by atoms with Gasteiger partial charge in [-0.15, -0.1) is 0 Å². The first kappa shape index (κ1) is 19.8. The predicted octanol–water partition coefficient (Wildman–Crippen LogP) is 3.53. The molecule has 0 N–H and O–H groups in total. The molecule has 0 saturated heterocycles. The van der Waals surface area contributed by atoms with Crippen molar-refractivity contribution in [2.75, 3.05) is 14.1 Å². The lowest BCUT2D eigenvalue weighted by Crippen LogP contribution is -2.33. The van der Waals surface area contributed by atoms with Gasteiger partial charge in [0.25, 0.3) is 5.91 Å². The lowest BCUT2D eigenvalue weighted by molar-refractivity contribution is 0.0728. The number of benzene rings is 2. The van der Waals surface area contributed by atoms with Crippen molar-refractivity contribution in [1.29, 1.82) is 0 Å². The van der Waals surface area contributed by atoms with Crippen LogP contribution in [0.3, 0.4) is 0 Å². The van der Waals surface area contributed by atoms with Gasteiger partial charge in [-0.1, -0.05) is 17.7 Å². The molecule has 27 heavy (non-hydrogen) atoms. The van der Waals surface area contributed by atoms with Crippen LogP contribution >= 0.6 is 11.6 Å². The smallest absolute Gasteiger partial charge is 0.254 e. The number of hydrogen-bond donors (Lipinski definition) is 0. The molecule has 144 valence electrons. The van der Waals surface area contributed by atoms with Crippen LogP contribution in [0.15, 0.2) is 47.4 Å². The fraction of sp³-hybridized carbons (Fsp3) is 0.316. The second-order valence-corrected chi connectivity index (χ2v) is 9.24. The second-order valence-electron chi connectivity index (χ2n) is 6.68. The average molecular weight is 411 g/mol. The van der Waals surface area contributed by atoms with E-state index in [1.165, 1.54) is 50.5 Å². The molecule has 5 nitrogen and oxygen atoms in total. The van der Waals surface area contributed by atoms with Crippen LogP contribution in [-0.2, 0) is 16.6 Å². The van der Waals surface area contributed by atoms with Crippen LogP contribution in [-0.4, -0.2) is 43.7 Å². The quantitative estimate of drug-likeness (QED) is 0.732. The molecule has 0 radical (unpaired) electrons. The molecular formula is C19H20ClFN2O3S. The lowest BCUT2D eigenvalue weighted by atomic mass is 10.1. The van der Waals surface area contributed by atoms with Crippen LogP contribution in [0, 0.1) is 5.82 Å². The zero-order valence-corrected chi connectivity index (χ0v) is 16.6. The van der Waals surface area contributed by atoms with E-state index >= 15 is 0 Å². The summed E-state index contributed by atoms with van der Waals surface area (Å²) in [6.07, 6.45) is 1.70. The van der Waals surface area contributed by atoms with Gasteiger partial charge < -0.3 is 4.90 Å². The summed E-state index contributed by atoms with van der Waals surface area (Å²) in [5.41, 5.74) is 0.637. The molecule has 0 atom stereocenters. The van der Waals surface area contributed by atoms with Crippen molar-refractivity contribution in [2.45, 2.75) is 30.3 Å². The minimum Gasteiger partial charge on any atom is -0.331 e. The van der Waals surface area contributed by atoms with Crippen molar-refractivity contribution in [2.24, 2.45) is 0 Å². The van der Waals surface area contributed by atoms with Gasteiger partial charge in [-0.2, -0.15) is 0 Å². The molecule has 1 aliphatic carbocycles. The summed E-state index contributed by atoms with van der Waals surface area (Å²) in [5, 5.41) is 0.279. The van der Waals surface area contributed by atoms with Crippen LogP contribution < -0.4 is 0 Å². The Morgan fingerprint density at radius 3 is 2.30 bits per heavy atom. The van der Waals surface area contributed by atoms with Gasteiger partial charge in [0.2, 0.25) is 10.0 Å². The summed E-state index contributed by atoms with van der Waals surface area (Å²) in [6.45, 7) is 0.0761. The zero-order valence-electron chi connectivity index (χ0n) is 15.0. The highest BCUT2D eigenvalue weighted by atomic mass is 35.5. The fourth-order valence-corrected chi connectivity index (χ4v) is 3.88. The Balaban J connectivity index is 1.86. The first-order valence-electron chi connectivity index (χ1n) is 8.48. The number of carbonyl (C=O) groups excluding carboxylic acids is 1. The summed E-state index contributed by atoms with van der Waals surface area (Å²) in [7, 11) is -0.670. The molecule has 1 fully saturated rings. The number of nitrogens with zero attached hydrogens (tertiary/aromatic N) is 2. The summed E-state index contributed by atoms with van der Waals surface area (Å²) < 4.78 is 39.5. The Kier molecular flexibility index (Phi) is 5.55. The largest absolute Gasteiger partial charge is 0.331 e. The Morgan fingerprint density at radius 1 is 1.15 bits per heavy atom. The molecule has 0 unspecified atom stereocenters. The molecule has 0 aromatic heterocycles. The predicted molar refractivity (Wildman–Crippen MR) is 102 cm³/mol. The van der Waals surface area contributed by atoms with Crippen molar-refractivity contribution < 1.29 is 17.6 Å². The summed E-state index contributed by atoms with van der Waals surface area (Å²) in [6, 6.07) is 10.3. The van der Waals surface area contributed by atoms with E-state index in [0.717, 1.165) is 17.1 Å². The number of halogens is 2. The molecule has 1 aliphatic rings. The zero-order chi connectivity index (χ0) is 19.8. The van der Waals surface area contributed by atoms with Crippen molar-refractivity contribution >= 4 is 27.5 Å². The Hall–Kier alpha value is -1.96. The van der Waals surface area contributed by atoms with Crippen LogP contribution in [0.1, 0.15) is 28.8 Å². The first-order valence-corrected chi connectivity index (χ1v) is 10.3. The average Bonchev–Trinajstić information content (AvgIpc) is 3.46. The maximum Gasteiger partial charge on any atom is 0.254 e. The van der Waals surface area contributed by atoms with Crippen molar-refractivity contribution in [1.82, 2.24) is 9.21 Å². The first-order chi connectivity index (χ1) is 12.7. The highest BCUT2D eigenvalue weighted by Crippen LogP contribution is 2.32. The summed E-state index contributed by atoms with van der Waals surface area (Å²) in [5.74, 6) is -0.723. The molecule has 0 bridgehead atoms. The fourth-order valence-electron chi connectivity index (χ4n) is 2.75. The van der Waals surface area contributed by atoms with Gasteiger partial charge >= 0.3 is 0 Å². The maximum absolute atomic E-state index is 14.1. The Bertz CT molecular complexity index is 937. The van der Waals surface area contributed by atoms with Crippen LogP contribution in [0.25, 0.3) is 0 Å². The van der Waals surface area contributed by atoms with E-state index in [1.807, 2.05) is 0 Å². The number of amides is 1. The third-order valence-corrected chi connectivity index (χ3v) is 6.70. The Labute approximate surface area is 163 Å². The lowest BCUT2D eigenvalue weighted by Gasteiger charge is -2.23. The minimum absolute atomic E-state index is 0.0401. The van der Waals surface area contributed by atoms with E-state index in [1.54, 1.807) is 11.0 Å². The van der Waals surface area contributed by atoms with E-state index in [0.29, 0.717) is 5.56 Å². The SMILES string of the molecule is CN(C)S(=O)(=O)c1ccc(C(=O)N(Cc2c(F)cccc2Cl)C2CC2)cc1. The van der Waals surface area contributed by atoms with E-state index < -0.39 is 15.8 Å². The molecule has 0 heterocycles. The van der Waals surface area contributed by atoms with Gasteiger partial charge in [0.05, 0.1) is 11.4 Å². The van der Waals surface area contributed by atoms with Gasteiger partial charge in [-0.05, 0) is 49.2 Å². The normalized spacial score (nSPS) is 14.4. The number of rotatable bonds is 6. The van der Waals surface area contributed by atoms with Crippen LogP contribution in [0.5, 0.6) is 0 Å². The third-order valence-electron chi connectivity index (χ3n) is 4.52.